The Balaban J connectivity index is 1.58. The molecule has 1 atom stereocenters. The molecule has 0 spiro atoms. The number of hydrogen-bond donors (Lipinski definition) is 1. The molecule has 2 heterocycles. The summed E-state index contributed by atoms with van der Waals surface area (Å²) in [5, 5.41) is 7.02. The Hall–Kier alpha value is -2.21. The smallest absolute Gasteiger partial charge is 0.254 e. The van der Waals surface area contributed by atoms with E-state index in [1.54, 1.807) is 30.2 Å². The Bertz CT molecular complexity index is 728. The Morgan fingerprint density at radius 3 is 3.00 bits per heavy atom. The molecule has 1 aromatic heterocycles. The Morgan fingerprint density at radius 2 is 2.29 bits per heavy atom. The second-order valence-electron chi connectivity index (χ2n) is 6.45. The van der Waals surface area contributed by atoms with Crippen molar-refractivity contribution in [2.75, 3.05) is 13.1 Å². The van der Waals surface area contributed by atoms with Gasteiger partial charge in [-0.2, -0.15) is 5.10 Å². The first-order valence-electron chi connectivity index (χ1n) is 8.29. The van der Waals surface area contributed by atoms with Gasteiger partial charge in [0.05, 0.1) is 11.8 Å². The van der Waals surface area contributed by atoms with Crippen molar-refractivity contribution >= 4 is 5.91 Å². The third kappa shape index (κ3) is 3.82. The monoisotopic (exact) mass is 330 g/mol. The van der Waals surface area contributed by atoms with Crippen LogP contribution in [0.2, 0.25) is 0 Å². The van der Waals surface area contributed by atoms with Crippen molar-refractivity contribution in [2.45, 2.75) is 32.4 Å². The summed E-state index contributed by atoms with van der Waals surface area (Å²) in [5.74, 6) is -0.286. The van der Waals surface area contributed by atoms with Crippen LogP contribution in [0.3, 0.4) is 0 Å². The van der Waals surface area contributed by atoms with E-state index in [1.165, 1.54) is 6.07 Å². The van der Waals surface area contributed by atoms with Crippen molar-refractivity contribution in [1.29, 1.82) is 0 Å². The van der Waals surface area contributed by atoms with Gasteiger partial charge in [0.15, 0.2) is 0 Å². The van der Waals surface area contributed by atoms with Gasteiger partial charge in [0.1, 0.15) is 5.82 Å². The van der Waals surface area contributed by atoms with Gasteiger partial charge in [-0.05, 0) is 49.6 Å². The van der Waals surface area contributed by atoms with Crippen LogP contribution in [-0.2, 0) is 13.6 Å². The third-order valence-electron chi connectivity index (χ3n) is 4.64. The van der Waals surface area contributed by atoms with E-state index in [-0.39, 0.29) is 11.7 Å². The summed E-state index contributed by atoms with van der Waals surface area (Å²) in [4.78, 5) is 14.5. The molecule has 1 fully saturated rings. The van der Waals surface area contributed by atoms with Crippen LogP contribution in [0.1, 0.15) is 34.3 Å². The zero-order chi connectivity index (χ0) is 17.1. The molecule has 0 saturated carbocycles. The van der Waals surface area contributed by atoms with Crippen LogP contribution in [0.5, 0.6) is 0 Å². The summed E-state index contributed by atoms with van der Waals surface area (Å²) in [6.45, 7) is 4.35. The lowest BCUT2D eigenvalue weighted by Crippen LogP contribution is -2.39. The number of nitrogens with one attached hydrogen (secondary N) is 1. The van der Waals surface area contributed by atoms with Crippen LogP contribution >= 0.6 is 0 Å². The largest absolute Gasteiger partial charge is 0.350 e. The zero-order valence-electron chi connectivity index (χ0n) is 14.1. The SMILES string of the molecule is Cc1cc(F)ccc1CN1CCC[C@H]1CNC(=O)c1cnn(C)c1. The van der Waals surface area contributed by atoms with Crippen LogP contribution in [-0.4, -0.2) is 39.7 Å². The molecule has 1 N–H and O–H groups in total. The van der Waals surface area contributed by atoms with E-state index >= 15 is 0 Å². The molecular formula is C18H23FN4O. The van der Waals surface area contributed by atoms with Gasteiger partial charge in [0.25, 0.3) is 5.91 Å². The highest BCUT2D eigenvalue weighted by atomic mass is 19.1. The first kappa shape index (κ1) is 16.6. The van der Waals surface area contributed by atoms with Crippen LogP contribution in [0.25, 0.3) is 0 Å². The lowest BCUT2D eigenvalue weighted by atomic mass is 10.1. The number of aryl methyl sites for hydroxylation is 2. The molecule has 1 aromatic carbocycles. The first-order valence-corrected chi connectivity index (χ1v) is 8.29. The minimum atomic E-state index is -0.196. The van der Waals surface area contributed by atoms with Crippen molar-refractivity contribution in [1.82, 2.24) is 20.0 Å². The van der Waals surface area contributed by atoms with Gasteiger partial charge in [0.2, 0.25) is 0 Å². The minimum Gasteiger partial charge on any atom is -0.350 e. The number of carbonyl (C=O) groups is 1. The molecule has 1 aliphatic heterocycles. The highest BCUT2D eigenvalue weighted by molar-refractivity contribution is 5.93. The molecular weight excluding hydrogens is 307 g/mol. The number of likely N-dealkylation sites (tertiary alicyclic amines) is 1. The summed E-state index contributed by atoms with van der Waals surface area (Å²) in [7, 11) is 1.79. The van der Waals surface area contributed by atoms with Crippen LogP contribution in [0, 0.1) is 12.7 Å². The van der Waals surface area contributed by atoms with Gasteiger partial charge >= 0.3 is 0 Å². The standard InChI is InChI=1S/C18H23FN4O/c1-13-8-16(19)6-5-14(13)12-23-7-3-4-17(23)10-20-18(24)15-9-21-22(2)11-15/h5-6,8-9,11,17H,3-4,7,10,12H2,1-2H3,(H,20,24)/t17-/m0/s1. The fourth-order valence-electron chi connectivity index (χ4n) is 3.24. The molecule has 0 unspecified atom stereocenters. The summed E-state index contributed by atoms with van der Waals surface area (Å²) < 4.78 is 14.9. The van der Waals surface area contributed by atoms with Crippen molar-refractivity contribution in [2.24, 2.45) is 7.05 Å². The van der Waals surface area contributed by atoms with Crippen LogP contribution in [0.15, 0.2) is 30.6 Å². The van der Waals surface area contributed by atoms with Crippen molar-refractivity contribution in [3.63, 3.8) is 0 Å². The number of carbonyl (C=O) groups excluding carboxylic acids is 1. The molecule has 0 radical (unpaired) electrons. The van der Waals surface area contributed by atoms with Gasteiger partial charge in [-0.1, -0.05) is 6.07 Å². The Kier molecular flexibility index (Phi) is 4.94. The molecule has 5 nitrogen and oxygen atoms in total. The molecule has 0 bridgehead atoms. The first-order chi connectivity index (χ1) is 11.5. The second kappa shape index (κ2) is 7.13. The van der Waals surface area contributed by atoms with E-state index < -0.39 is 0 Å². The molecule has 1 aliphatic rings. The lowest BCUT2D eigenvalue weighted by molar-refractivity contribution is 0.0939. The topological polar surface area (TPSA) is 50.2 Å². The summed E-state index contributed by atoms with van der Waals surface area (Å²) >= 11 is 0. The number of amides is 1. The molecule has 0 aliphatic carbocycles. The maximum atomic E-state index is 13.2. The molecule has 1 amide bonds. The predicted octanol–water partition coefficient (Wildman–Crippen LogP) is 2.26. The van der Waals surface area contributed by atoms with E-state index in [0.29, 0.717) is 18.2 Å². The van der Waals surface area contributed by atoms with Crippen LogP contribution in [0.4, 0.5) is 4.39 Å². The fraction of sp³-hybridized carbons (Fsp3) is 0.444. The minimum absolute atomic E-state index is 0.0899. The van der Waals surface area contributed by atoms with Crippen molar-refractivity contribution in [3.05, 3.63) is 53.1 Å². The number of rotatable bonds is 5. The number of nitrogens with zero attached hydrogens (tertiary/aromatic N) is 3. The number of hydrogen-bond acceptors (Lipinski definition) is 3. The van der Waals surface area contributed by atoms with E-state index in [2.05, 4.69) is 15.3 Å². The van der Waals surface area contributed by atoms with Gasteiger partial charge in [0, 0.05) is 32.4 Å². The summed E-state index contributed by atoms with van der Waals surface area (Å²) in [6, 6.07) is 5.26. The van der Waals surface area contributed by atoms with Crippen molar-refractivity contribution < 1.29 is 9.18 Å². The highest BCUT2D eigenvalue weighted by Gasteiger charge is 2.25. The quantitative estimate of drug-likeness (QED) is 0.915. The van der Waals surface area contributed by atoms with Gasteiger partial charge in [-0.3, -0.25) is 14.4 Å². The number of benzene rings is 1. The maximum absolute atomic E-state index is 13.2. The van der Waals surface area contributed by atoms with E-state index in [0.717, 1.165) is 37.1 Å². The number of aromatic nitrogens is 2. The summed E-state index contributed by atoms with van der Waals surface area (Å²) in [5.41, 5.74) is 2.69. The predicted molar refractivity (Wildman–Crippen MR) is 90.1 cm³/mol. The molecule has 6 heteroatoms. The molecule has 2 aromatic rings. The highest BCUT2D eigenvalue weighted by Crippen LogP contribution is 2.21. The van der Waals surface area contributed by atoms with Crippen LogP contribution < -0.4 is 5.32 Å². The lowest BCUT2D eigenvalue weighted by Gasteiger charge is -2.25. The third-order valence-corrected chi connectivity index (χ3v) is 4.64. The van der Waals surface area contributed by atoms with E-state index in [4.69, 9.17) is 0 Å². The summed E-state index contributed by atoms with van der Waals surface area (Å²) in [6.07, 6.45) is 5.47. The van der Waals surface area contributed by atoms with Crippen molar-refractivity contribution in [3.8, 4) is 0 Å². The van der Waals surface area contributed by atoms with E-state index in [9.17, 15) is 9.18 Å². The Morgan fingerprint density at radius 1 is 1.46 bits per heavy atom. The van der Waals surface area contributed by atoms with Gasteiger partial charge < -0.3 is 5.32 Å². The van der Waals surface area contributed by atoms with Gasteiger partial charge in [-0.25, -0.2) is 4.39 Å². The average molecular weight is 330 g/mol. The molecule has 24 heavy (non-hydrogen) atoms. The van der Waals surface area contributed by atoms with E-state index in [1.807, 2.05) is 13.0 Å². The molecule has 128 valence electrons. The van der Waals surface area contributed by atoms with Gasteiger partial charge in [-0.15, -0.1) is 0 Å². The number of halogens is 1. The molecule has 1 saturated heterocycles. The Labute approximate surface area is 141 Å². The second-order valence-corrected chi connectivity index (χ2v) is 6.45. The zero-order valence-corrected chi connectivity index (χ0v) is 14.1. The normalized spacial score (nSPS) is 18.0. The average Bonchev–Trinajstić information content (AvgIpc) is 3.16. The maximum Gasteiger partial charge on any atom is 0.254 e. The molecule has 3 rings (SSSR count). The fourth-order valence-corrected chi connectivity index (χ4v) is 3.24.